The molecule has 1 aromatic heterocycles. The number of aromatic nitrogens is 2. The van der Waals surface area contributed by atoms with Crippen molar-refractivity contribution in [2.24, 2.45) is 13.5 Å². The van der Waals surface area contributed by atoms with Gasteiger partial charge in [0.05, 0.1) is 25.2 Å². The Morgan fingerprint density at radius 2 is 1.57 bits per heavy atom. The van der Waals surface area contributed by atoms with Crippen LogP contribution in [0.15, 0.2) is 85.2 Å². The minimum atomic E-state index is -4.36. The third-order valence-corrected chi connectivity index (χ3v) is 9.73. The van der Waals surface area contributed by atoms with E-state index in [2.05, 4.69) is 29.5 Å². The van der Waals surface area contributed by atoms with Crippen molar-refractivity contribution in [1.82, 2.24) is 8.96 Å². The lowest BCUT2D eigenvalue weighted by molar-refractivity contribution is -0.384. The molecule has 0 aliphatic carbocycles. The van der Waals surface area contributed by atoms with Gasteiger partial charge in [0.2, 0.25) is 0 Å². The standard InChI is InChI=1S/C23H28FN5O4S2/c1-22(2,3)16-23(4,5)26-34(28-15-14-25-17-28,20-10-6-18(24)7-11-20)27-35(32,33)21-12-8-19(9-13-21)29(30)31/h6-15,17H,16H2,1-5H3. The van der Waals surface area contributed by atoms with Crippen molar-refractivity contribution < 1.29 is 17.7 Å². The van der Waals surface area contributed by atoms with Gasteiger partial charge < -0.3 is 0 Å². The molecule has 0 saturated carbocycles. The maximum absolute atomic E-state index is 13.8. The van der Waals surface area contributed by atoms with Gasteiger partial charge in [-0.3, -0.25) is 14.1 Å². The van der Waals surface area contributed by atoms with Crippen molar-refractivity contribution in [3.05, 3.63) is 83.2 Å². The summed E-state index contributed by atoms with van der Waals surface area (Å²) in [6, 6.07) is 9.89. The van der Waals surface area contributed by atoms with Gasteiger partial charge in [0.15, 0.2) is 0 Å². The van der Waals surface area contributed by atoms with E-state index in [9.17, 15) is 22.9 Å². The lowest BCUT2D eigenvalue weighted by atomic mass is 9.82. The third-order valence-electron chi connectivity index (χ3n) is 4.79. The molecule has 188 valence electrons. The van der Waals surface area contributed by atoms with Gasteiger partial charge in [-0.25, -0.2) is 13.7 Å². The first-order valence-electron chi connectivity index (χ1n) is 10.7. The highest BCUT2D eigenvalue weighted by Crippen LogP contribution is 2.34. The Kier molecular flexibility index (Phi) is 7.19. The Hall–Kier alpha value is -3.12. The molecule has 1 heterocycles. The number of nitrogens with zero attached hydrogens (tertiary/aromatic N) is 5. The minimum absolute atomic E-state index is 0.132. The summed E-state index contributed by atoms with van der Waals surface area (Å²) in [5.41, 5.74) is -1.11. The number of rotatable bonds is 7. The molecule has 0 aliphatic rings. The van der Waals surface area contributed by atoms with E-state index in [0.29, 0.717) is 11.3 Å². The molecule has 9 nitrogen and oxygen atoms in total. The van der Waals surface area contributed by atoms with E-state index < -0.39 is 36.1 Å². The SMILES string of the molecule is CC(C)(C)CC(C)(C)N=S(=NS(=O)(=O)c1ccc([N+](=O)[O-])cc1)(c1ccc(F)cc1)n1ccnc1. The van der Waals surface area contributed by atoms with Crippen LogP contribution in [0.2, 0.25) is 0 Å². The highest BCUT2D eigenvalue weighted by Gasteiger charge is 2.30. The molecule has 0 aliphatic heterocycles. The monoisotopic (exact) mass is 521 g/mol. The predicted molar refractivity (Wildman–Crippen MR) is 133 cm³/mol. The lowest BCUT2D eigenvalue weighted by Gasteiger charge is -2.31. The van der Waals surface area contributed by atoms with Crippen LogP contribution in [0.3, 0.4) is 0 Å². The Bertz CT molecular complexity index is 1430. The molecule has 0 fully saturated rings. The fraction of sp³-hybridized carbons (Fsp3) is 0.348. The number of halogens is 1. The summed E-state index contributed by atoms with van der Waals surface area (Å²) in [5, 5.41) is 11.0. The Balaban J connectivity index is 2.42. The molecular formula is C23H28FN5O4S2. The van der Waals surface area contributed by atoms with Gasteiger partial charge in [0.1, 0.15) is 12.1 Å². The summed E-state index contributed by atoms with van der Waals surface area (Å²) < 4.78 is 51.9. The van der Waals surface area contributed by atoms with Crippen LogP contribution in [0.25, 0.3) is 0 Å². The smallest absolute Gasteiger partial charge is 0.260 e. The van der Waals surface area contributed by atoms with E-state index in [0.717, 1.165) is 24.3 Å². The first-order chi connectivity index (χ1) is 16.1. The zero-order chi connectivity index (χ0) is 26.1. The number of non-ortho nitro benzene ring substituents is 1. The van der Waals surface area contributed by atoms with E-state index in [1.165, 1.54) is 40.8 Å². The fourth-order valence-electron chi connectivity index (χ4n) is 3.93. The van der Waals surface area contributed by atoms with Gasteiger partial charge in [0, 0.05) is 29.4 Å². The van der Waals surface area contributed by atoms with Crippen molar-refractivity contribution in [2.45, 2.75) is 56.4 Å². The van der Waals surface area contributed by atoms with Crippen LogP contribution < -0.4 is 0 Å². The molecule has 35 heavy (non-hydrogen) atoms. The zero-order valence-corrected chi connectivity index (χ0v) is 21.8. The quantitative estimate of drug-likeness (QED) is 0.284. The van der Waals surface area contributed by atoms with Crippen LogP contribution in [-0.4, -0.2) is 27.8 Å². The van der Waals surface area contributed by atoms with Gasteiger partial charge >= 0.3 is 0 Å². The summed E-state index contributed by atoms with van der Waals surface area (Å²) in [7, 11) is -7.43. The topological polar surface area (TPSA) is 120 Å². The number of nitro benzene ring substituents is 1. The normalized spacial score (nSPS) is 14.2. The molecule has 12 heteroatoms. The highest BCUT2D eigenvalue weighted by molar-refractivity contribution is 8.03. The molecule has 0 spiro atoms. The molecule has 3 rings (SSSR count). The second kappa shape index (κ2) is 9.50. The van der Waals surface area contributed by atoms with Crippen molar-refractivity contribution >= 4 is 25.5 Å². The molecule has 0 radical (unpaired) electrons. The maximum Gasteiger partial charge on any atom is 0.290 e. The van der Waals surface area contributed by atoms with Gasteiger partial charge in [-0.15, -0.1) is 3.77 Å². The highest BCUT2D eigenvalue weighted by atomic mass is 32.3. The molecule has 1 unspecified atom stereocenters. The van der Waals surface area contributed by atoms with Gasteiger partial charge in [-0.1, -0.05) is 20.8 Å². The zero-order valence-electron chi connectivity index (χ0n) is 20.1. The average Bonchev–Trinajstić information content (AvgIpc) is 3.27. The van der Waals surface area contributed by atoms with Crippen LogP contribution in [0, 0.1) is 21.3 Å². The van der Waals surface area contributed by atoms with Crippen LogP contribution >= 0.6 is 0 Å². The number of nitro groups is 1. The second-order valence-electron chi connectivity index (χ2n) is 9.84. The minimum Gasteiger partial charge on any atom is -0.260 e. The first-order valence-corrected chi connectivity index (χ1v) is 13.6. The number of benzene rings is 2. The largest absolute Gasteiger partial charge is 0.290 e. The van der Waals surface area contributed by atoms with Crippen molar-refractivity contribution in [1.29, 1.82) is 0 Å². The summed E-state index contributed by atoms with van der Waals surface area (Å²) in [6.45, 7) is 9.96. The van der Waals surface area contributed by atoms with Gasteiger partial charge in [-0.05, 0) is 62.1 Å². The summed E-state index contributed by atoms with van der Waals surface area (Å²) in [5.74, 6) is -0.486. The van der Waals surface area contributed by atoms with Crippen LogP contribution in [0.5, 0.6) is 0 Å². The Morgan fingerprint density at radius 1 is 1.00 bits per heavy atom. The molecule has 2 aromatic carbocycles. The average molecular weight is 522 g/mol. The van der Waals surface area contributed by atoms with Crippen LogP contribution in [0.1, 0.15) is 41.0 Å². The summed E-state index contributed by atoms with van der Waals surface area (Å²) >= 11 is 0. The van der Waals surface area contributed by atoms with E-state index in [-0.39, 0.29) is 16.0 Å². The van der Waals surface area contributed by atoms with E-state index in [4.69, 9.17) is 4.36 Å². The molecule has 0 saturated heterocycles. The number of imidazole rings is 1. The Morgan fingerprint density at radius 3 is 2.06 bits per heavy atom. The van der Waals surface area contributed by atoms with E-state index in [1.807, 2.05) is 13.8 Å². The predicted octanol–water partition coefficient (Wildman–Crippen LogP) is 5.88. The van der Waals surface area contributed by atoms with E-state index >= 15 is 0 Å². The third kappa shape index (κ3) is 6.31. The molecule has 0 N–H and O–H groups in total. The number of hydrogen-bond acceptors (Lipinski definition) is 6. The van der Waals surface area contributed by atoms with Gasteiger partial charge in [-0.2, -0.15) is 8.42 Å². The molecule has 0 amide bonds. The summed E-state index contributed by atoms with van der Waals surface area (Å²) in [4.78, 5) is 14.7. The maximum atomic E-state index is 13.8. The van der Waals surface area contributed by atoms with Crippen molar-refractivity contribution in [2.75, 3.05) is 0 Å². The van der Waals surface area contributed by atoms with E-state index in [1.54, 1.807) is 6.20 Å². The summed E-state index contributed by atoms with van der Waals surface area (Å²) in [6.07, 6.45) is 5.11. The number of sulfonamides is 1. The lowest BCUT2D eigenvalue weighted by Crippen LogP contribution is -2.28. The molecular weight excluding hydrogens is 493 g/mol. The molecule has 1 atom stereocenters. The molecule has 0 bridgehead atoms. The van der Waals surface area contributed by atoms with Crippen molar-refractivity contribution in [3.63, 3.8) is 0 Å². The fourth-order valence-corrected chi connectivity index (χ4v) is 8.74. The van der Waals surface area contributed by atoms with Crippen LogP contribution in [0.4, 0.5) is 10.1 Å². The second-order valence-corrected chi connectivity index (χ2v) is 14.0. The van der Waals surface area contributed by atoms with Crippen LogP contribution in [-0.2, 0) is 19.8 Å². The van der Waals surface area contributed by atoms with Crippen molar-refractivity contribution in [3.8, 4) is 0 Å². The molecule has 3 aromatic rings. The first kappa shape index (κ1) is 26.5. The van der Waals surface area contributed by atoms with Gasteiger partial charge in [0.25, 0.3) is 15.7 Å². The number of hydrogen-bond donors (Lipinski definition) is 0. The Labute approximate surface area is 205 Å².